The Kier molecular flexibility index (Phi) is 6.28. The Bertz CT molecular complexity index is 1190. The van der Waals surface area contributed by atoms with E-state index >= 15 is 0 Å². The van der Waals surface area contributed by atoms with Gasteiger partial charge in [0.2, 0.25) is 0 Å². The Hall–Kier alpha value is -3.43. The molecule has 0 saturated heterocycles. The van der Waals surface area contributed by atoms with Gasteiger partial charge in [-0.25, -0.2) is 26.7 Å². The van der Waals surface area contributed by atoms with E-state index in [9.17, 15) is 31.5 Å². The fraction of sp³-hybridized carbons (Fsp3) is 0.238. The quantitative estimate of drug-likeness (QED) is 0.454. The topological polar surface area (TPSA) is 65.2 Å². The number of aromatic amines is 1. The molecule has 2 amide bonds. The van der Waals surface area contributed by atoms with Crippen LogP contribution in [0.25, 0.3) is 10.8 Å². The third-order valence-electron chi connectivity index (χ3n) is 5.00. The molecule has 1 unspecified atom stereocenters. The Balaban J connectivity index is 1.87. The van der Waals surface area contributed by atoms with Crippen LogP contribution in [0.4, 0.5) is 26.7 Å². The van der Waals surface area contributed by atoms with Gasteiger partial charge in [-0.15, -0.1) is 0 Å². The Morgan fingerprint density at radius 3 is 2.32 bits per heavy atom. The minimum atomic E-state index is -1.60. The minimum absolute atomic E-state index is 0.0143. The normalized spacial score (nSPS) is 12.1. The fourth-order valence-electron chi connectivity index (χ4n) is 3.40. The molecule has 0 aliphatic rings. The van der Waals surface area contributed by atoms with Gasteiger partial charge in [0.25, 0.3) is 5.56 Å². The molecule has 0 aliphatic carbocycles. The van der Waals surface area contributed by atoms with Crippen LogP contribution in [0.5, 0.6) is 0 Å². The van der Waals surface area contributed by atoms with Gasteiger partial charge in [-0.2, -0.15) is 0 Å². The molecule has 2 N–H and O–H groups in total. The fourth-order valence-corrected chi connectivity index (χ4v) is 3.40. The number of aromatic nitrogens is 1. The number of hydrogen-bond donors (Lipinski definition) is 2. The van der Waals surface area contributed by atoms with Crippen LogP contribution in [-0.2, 0) is 6.54 Å². The van der Waals surface area contributed by atoms with E-state index in [1.165, 1.54) is 17.2 Å². The summed E-state index contributed by atoms with van der Waals surface area (Å²) in [7, 11) is 0. The summed E-state index contributed by atoms with van der Waals surface area (Å²) in [6.45, 7) is 3.20. The first kappa shape index (κ1) is 22.3. The molecular formula is C21H18F5N3O2. The number of nitrogens with zero attached hydrogens (tertiary/aromatic N) is 1. The van der Waals surface area contributed by atoms with Gasteiger partial charge < -0.3 is 15.2 Å². The molecule has 2 aromatic carbocycles. The molecule has 10 heteroatoms. The van der Waals surface area contributed by atoms with Gasteiger partial charge in [0.15, 0.2) is 29.1 Å². The number of amides is 2. The molecule has 0 radical (unpaired) electrons. The second-order valence-electron chi connectivity index (χ2n) is 6.85. The average Bonchev–Trinajstić information content (AvgIpc) is 2.73. The lowest BCUT2D eigenvalue weighted by Crippen LogP contribution is -2.41. The van der Waals surface area contributed by atoms with Gasteiger partial charge >= 0.3 is 6.03 Å². The molecule has 0 saturated carbocycles. The van der Waals surface area contributed by atoms with Crippen molar-refractivity contribution in [3.63, 3.8) is 0 Å². The molecule has 31 heavy (non-hydrogen) atoms. The highest BCUT2D eigenvalue weighted by Crippen LogP contribution is 2.28. The molecule has 0 spiro atoms. The van der Waals surface area contributed by atoms with Crippen LogP contribution in [-0.4, -0.2) is 22.5 Å². The summed E-state index contributed by atoms with van der Waals surface area (Å²) in [4.78, 5) is 28.3. The number of carbonyl (C=O) groups is 1. The maximum Gasteiger partial charge on any atom is 0.318 e. The number of H-pyrrole nitrogens is 1. The molecule has 1 heterocycles. The zero-order valence-electron chi connectivity index (χ0n) is 16.5. The molecule has 0 fully saturated rings. The van der Waals surface area contributed by atoms with Gasteiger partial charge in [-0.1, -0.05) is 6.07 Å². The lowest BCUT2D eigenvalue weighted by molar-refractivity contribution is 0.182. The molecule has 5 nitrogen and oxygen atoms in total. The predicted octanol–water partition coefficient (Wildman–Crippen LogP) is 4.52. The van der Waals surface area contributed by atoms with Gasteiger partial charge in [0.1, 0.15) is 0 Å². The van der Waals surface area contributed by atoms with Gasteiger partial charge in [0, 0.05) is 19.3 Å². The van der Waals surface area contributed by atoms with Crippen LogP contribution in [0.2, 0.25) is 0 Å². The summed E-state index contributed by atoms with van der Waals surface area (Å²) in [5.74, 6) is -6.82. The number of benzene rings is 2. The molecule has 0 bridgehead atoms. The molecule has 1 atom stereocenters. The summed E-state index contributed by atoms with van der Waals surface area (Å²) in [5, 5.41) is 2.16. The monoisotopic (exact) mass is 439 g/mol. The van der Waals surface area contributed by atoms with E-state index in [0.717, 1.165) is 18.2 Å². The highest BCUT2D eigenvalue weighted by atomic mass is 19.2. The first-order valence-corrected chi connectivity index (χ1v) is 9.32. The van der Waals surface area contributed by atoms with Crippen molar-refractivity contribution >= 4 is 16.8 Å². The van der Waals surface area contributed by atoms with Crippen molar-refractivity contribution in [1.29, 1.82) is 0 Å². The lowest BCUT2D eigenvalue weighted by atomic mass is 10.0. The second-order valence-corrected chi connectivity index (χ2v) is 6.85. The number of urea groups is 1. The third-order valence-corrected chi connectivity index (χ3v) is 5.00. The maximum absolute atomic E-state index is 14.2. The Labute approximate surface area is 173 Å². The van der Waals surface area contributed by atoms with Crippen LogP contribution in [0.15, 0.2) is 35.3 Å². The summed E-state index contributed by atoms with van der Waals surface area (Å²) in [6.07, 6.45) is 1.31. The number of halogens is 5. The summed E-state index contributed by atoms with van der Waals surface area (Å²) < 4.78 is 67.5. The van der Waals surface area contributed by atoms with Crippen molar-refractivity contribution in [2.24, 2.45) is 0 Å². The number of hydrogen-bond acceptors (Lipinski definition) is 2. The maximum atomic E-state index is 14.2. The van der Waals surface area contributed by atoms with E-state index in [4.69, 9.17) is 0 Å². The predicted molar refractivity (Wildman–Crippen MR) is 104 cm³/mol. The smallest absolute Gasteiger partial charge is 0.318 e. The van der Waals surface area contributed by atoms with E-state index in [1.54, 1.807) is 13.8 Å². The van der Waals surface area contributed by atoms with E-state index in [2.05, 4.69) is 10.3 Å². The van der Waals surface area contributed by atoms with E-state index in [0.29, 0.717) is 5.56 Å². The molecule has 3 rings (SSSR count). The highest BCUT2D eigenvalue weighted by molar-refractivity contribution is 5.86. The SMILES string of the molecule is CCN(C(=O)NCc1cc(F)c(F)c(F)c1)C(C)c1c[nH]c(=O)c2c(F)c(F)ccc12. The number of carbonyl (C=O) groups excluding carboxylic acids is 1. The molecular weight excluding hydrogens is 421 g/mol. The third kappa shape index (κ3) is 4.23. The standard InChI is InChI=1S/C21H18F5N3O2/c1-3-29(21(31)28-8-11-6-15(23)18(25)16(24)7-11)10(2)13-9-27-20(30)17-12(13)4-5-14(22)19(17)26/h4-7,9-10H,3,8H2,1-2H3,(H,27,30)(H,28,31). The molecule has 0 aliphatic heterocycles. The minimum Gasteiger partial charge on any atom is -0.334 e. The summed E-state index contributed by atoms with van der Waals surface area (Å²) in [6, 6.07) is 2.38. The van der Waals surface area contributed by atoms with Crippen molar-refractivity contribution in [1.82, 2.24) is 15.2 Å². The Morgan fingerprint density at radius 2 is 1.71 bits per heavy atom. The Morgan fingerprint density at radius 1 is 1.06 bits per heavy atom. The van der Waals surface area contributed by atoms with Crippen molar-refractivity contribution < 1.29 is 26.7 Å². The molecule has 1 aromatic heterocycles. The number of fused-ring (bicyclic) bond motifs is 1. The summed E-state index contributed by atoms with van der Waals surface area (Å²) in [5.41, 5.74) is -0.430. The van der Waals surface area contributed by atoms with Crippen molar-refractivity contribution in [3.05, 3.63) is 81.0 Å². The highest BCUT2D eigenvalue weighted by Gasteiger charge is 2.24. The lowest BCUT2D eigenvalue weighted by Gasteiger charge is -2.29. The van der Waals surface area contributed by atoms with Crippen molar-refractivity contribution in [3.8, 4) is 0 Å². The number of pyridine rings is 1. The number of rotatable bonds is 5. The van der Waals surface area contributed by atoms with Gasteiger partial charge in [-0.3, -0.25) is 4.79 Å². The van der Waals surface area contributed by atoms with E-state index < -0.39 is 52.1 Å². The first-order valence-electron chi connectivity index (χ1n) is 9.32. The van der Waals surface area contributed by atoms with E-state index in [-0.39, 0.29) is 24.0 Å². The van der Waals surface area contributed by atoms with Crippen molar-refractivity contribution in [2.75, 3.05) is 6.54 Å². The van der Waals surface area contributed by atoms with E-state index in [1.807, 2.05) is 0 Å². The zero-order chi connectivity index (χ0) is 22.9. The summed E-state index contributed by atoms with van der Waals surface area (Å²) >= 11 is 0. The number of nitrogens with one attached hydrogen (secondary N) is 2. The first-order chi connectivity index (χ1) is 14.6. The molecule has 164 valence electrons. The van der Waals surface area contributed by atoms with Crippen LogP contribution in [0.1, 0.15) is 31.0 Å². The largest absolute Gasteiger partial charge is 0.334 e. The van der Waals surface area contributed by atoms with Crippen LogP contribution in [0.3, 0.4) is 0 Å². The van der Waals surface area contributed by atoms with Crippen molar-refractivity contribution in [2.45, 2.75) is 26.4 Å². The molecule has 3 aromatic rings. The van der Waals surface area contributed by atoms with Gasteiger partial charge in [-0.05, 0) is 48.6 Å². The average molecular weight is 439 g/mol. The van der Waals surface area contributed by atoms with Crippen LogP contribution in [0, 0.1) is 29.1 Å². The zero-order valence-corrected chi connectivity index (χ0v) is 16.5. The van der Waals surface area contributed by atoms with Crippen LogP contribution >= 0.6 is 0 Å². The second kappa shape index (κ2) is 8.75. The van der Waals surface area contributed by atoms with Crippen LogP contribution < -0.4 is 10.9 Å². The van der Waals surface area contributed by atoms with Gasteiger partial charge in [0.05, 0.1) is 11.4 Å².